The molecule has 1 heterocycles. The largest absolute Gasteiger partial charge is 0.477 e. The number of aliphatic hydroxyl groups excluding tert-OH is 4. The molecule has 6 atom stereocenters. The number of carboxylic acid groups (broad SMARTS) is 1. The smallest absolute Gasteiger partial charge is 0.364 e. The Hall–Kier alpha value is -1.14. The van der Waals surface area contributed by atoms with Crippen molar-refractivity contribution in [3.05, 3.63) is 0 Å². The minimum absolute atomic E-state index is 0.533. The second-order valence-electron chi connectivity index (χ2n) is 4.74. The SMILES string of the molecule is [2H]C(=O)CN[C@H]1[C@H]([C@H](O)[C@H](O)CO)OC(O)(C(=O)O)C[C@@H]1O. The Morgan fingerprint density at radius 3 is 2.67 bits per heavy atom. The fraction of sp³-hybridized carbons (Fsp3) is 0.818. The summed E-state index contributed by atoms with van der Waals surface area (Å²) in [4.78, 5) is 21.7. The molecule has 21 heavy (non-hydrogen) atoms. The third-order valence-corrected chi connectivity index (χ3v) is 3.25. The van der Waals surface area contributed by atoms with Gasteiger partial charge < -0.3 is 45.5 Å². The van der Waals surface area contributed by atoms with Crippen molar-refractivity contribution in [1.82, 2.24) is 5.32 Å². The van der Waals surface area contributed by atoms with E-state index in [0.717, 1.165) is 0 Å². The molecule has 0 aromatic heterocycles. The fourth-order valence-electron chi connectivity index (χ4n) is 2.13. The van der Waals surface area contributed by atoms with Crippen LogP contribution >= 0.6 is 0 Å². The van der Waals surface area contributed by atoms with Gasteiger partial charge in [0.1, 0.15) is 25.9 Å². The van der Waals surface area contributed by atoms with Crippen LogP contribution in [0.2, 0.25) is 0 Å². The molecule has 0 aromatic rings. The Morgan fingerprint density at radius 2 is 2.19 bits per heavy atom. The van der Waals surface area contributed by atoms with Gasteiger partial charge in [0.05, 0.1) is 25.3 Å². The number of aldehydes is 1. The molecular formula is C11H19NO9. The summed E-state index contributed by atoms with van der Waals surface area (Å²) in [6, 6.07) is -1.25. The van der Waals surface area contributed by atoms with Gasteiger partial charge in [-0.15, -0.1) is 0 Å². The number of nitrogens with one attached hydrogen (secondary N) is 1. The summed E-state index contributed by atoms with van der Waals surface area (Å²) < 4.78 is 11.7. The summed E-state index contributed by atoms with van der Waals surface area (Å²) in [7, 11) is 0. The lowest BCUT2D eigenvalue weighted by atomic mass is 9.88. The van der Waals surface area contributed by atoms with Gasteiger partial charge in [-0.05, 0) is 0 Å². The molecule has 122 valence electrons. The number of ether oxygens (including phenoxy) is 1. The molecule has 0 bridgehead atoms. The Bertz CT molecular complexity index is 422. The highest BCUT2D eigenvalue weighted by atomic mass is 16.7. The van der Waals surface area contributed by atoms with Crippen molar-refractivity contribution < 1.29 is 46.3 Å². The lowest BCUT2D eigenvalue weighted by Crippen LogP contribution is -2.66. The molecule has 1 rings (SSSR count). The molecule has 1 aliphatic heterocycles. The number of carboxylic acids is 1. The zero-order valence-electron chi connectivity index (χ0n) is 11.9. The van der Waals surface area contributed by atoms with Gasteiger partial charge in [-0.25, -0.2) is 4.79 Å². The maximum Gasteiger partial charge on any atom is 0.364 e. The lowest BCUT2D eigenvalue weighted by Gasteiger charge is -2.44. The van der Waals surface area contributed by atoms with Crippen LogP contribution in [0.15, 0.2) is 0 Å². The average molecular weight is 310 g/mol. The highest BCUT2D eigenvalue weighted by Gasteiger charge is 2.53. The Morgan fingerprint density at radius 1 is 1.57 bits per heavy atom. The minimum atomic E-state index is -2.80. The van der Waals surface area contributed by atoms with E-state index < -0.39 is 68.0 Å². The van der Waals surface area contributed by atoms with Gasteiger partial charge in [-0.1, -0.05) is 0 Å². The van der Waals surface area contributed by atoms with E-state index in [4.69, 9.17) is 16.3 Å². The zero-order chi connectivity index (χ0) is 17.1. The standard InChI is InChI=1S/C11H19NO9/c13-2-1-12-7-5(15)3-11(20,10(18)19)21-9(7)8(17)6(16)4-14/h2,5-9,12,14-17,20H,1,3-4H2,(H,18,19)/t5-,6+,7+,8+,9+,11?/m0/s1/i2D. The van der Waals surface area contributed by atoms with Gasteiger partial charge in [-0.2, -0.15) is 0 Å². The highest BCUT2D eigenvalue weighted by molar-refractivity contribution is 5.75. The second kappa shape index (κ2) is 7.22. The van der Waals surface area contributed by atoms with E-state index in [1.54, 1.807) is 0 Å². The van der Waals surface area contributed by atoms with E-state index in [1.165, 1.54) is 0 Å². The fourth-order valence-corrected chi connectivity index (χ4v) is 2.13. The first-order valence-corrected chi connectivity index (χ1v) is 6.14. The van der Waals surface area contributed by atoms with Crippen LogP contribution in [0.5, 0.6) is 0 Å². The van der Waals surface area contributed by atoms with E-state index in [0.29, 0.717) is 0 Å². The number of aliphatic hydroxyl groups is 5. The number of aliphatic carboxylic acids is 1. The Balaban J connectivity index is 3.02. The van der Waals surface area contributed by atoms with Crippen molar-refractivity contribution in [3.8, 4) is 0 Å². The number of hydrogen-bond acceptors (Lipinski definition) is 9. The van der Waals surface area contributed by atoms with E-state index in [2.05, 4.69) is 5.32 Å². The first kappa shape index (κ1) is 16.2. The van der Waals surface area contributed by atoms with Gasteiger partial charge in [0, 0.05) is 6.42 Å². The molecule has 0 amide bonds. The number of carbonyl (C=O) groups is 2. The maximum absolute atomic E-state index is 11.0. The molecule has 0 aromatic carbocycles. The van der Waals surface area contributed by atoms with Crippen LogP contribution in [-0.4, -0.2) is 92.3 Å². The zero-order valence-corrected chi connectivity index (χ0v) is 10.9. The average Bonchev–Trinajstić information content (AvgIpc) is 2.43. The quantitative estimate of drug-likeness (QED) is 0.228. The summed E-state index contributed by atoms with van der Waals surface area (Å²) in [6.07, 6.45) is -8.59. The van der Waals surface area contributed by atoms with Gasteiger partial charge in [0.15, 0.2) is 0 Å². The van der Waals surface area contributed by atoms with E-state index >= 15 is 0 Å². The highest BCUT2D eigenvalue weighted by Crippen LogP contribution is 2.30. The third kappa shape index (κ3) is 3.95. The lowest BCUT2D eigenvalue weighted by molar-refractivity contribution is -0.295. The Labute approximate surface area is 121 Å². The molecule has 0 spiro atoms. The van der Waals surface area contributed by atoms with Crippen molar-refractivity contribution in [2.45, 2.75) is 42.7 Å². The first-order chi connectivity index (χ1) is 10.1. The van der Waals surface area contributed by atoms with Crippen molar-refractivity contribution in [3.63, 3.8) is 0 Å². The van der Waals surface area contributed by atoms with Crippen LogP contribution in [0.4, 0.5) is 0 Å². The van der Waals surface area contributed by atoms with Crippen LogP contribution in [0.1, 0.15) is 7.79 Å². The predicted molar refractivity (Wildman–Crippen MR) is 65.0 cm³/mol. The first-order valence-electron chi connectivity index (χ1n) is 6.64. The summed E-state index contributed by atoms with van der Waals surface area (Å²) in [5, 5.41) is 59.3. The molecule has 1 aliphatic rings. The molecule has 0 aliphatic carbocycles. The van der Waals surface area contributed by atoms with Crippen molar-refractivity contribution in [2.75, 3.05) is 13.2 Å². The van der Waals surface area contributed by atoms with Gasteiger partial charge in [0.25, 0.3) is 5.79 Å². The van der Waals surface area contributed by atoms with E-state index in [1.807, 2.05) is 0 Å². The molecule has 1 fully saturated rings. The predicted octanol–water partition coefficient (Wildman–Crippen LogP) is -4.22. The van der Waals surface area contributed by atoms with Crippen LogP contribution < -0.4 is 5.32 Å². The monoisotopic (exact) mass is 310 g/mol. The summed E-state index contributed by atoms with van der Waals surface area (Å²) in [5.74, 6) is -4.61. The number of rotatable bonds is 7. The second-order valence-corrected chi connectivity index (χ2v) is 4.74. The van der Waals surface area contributed by atoms with Crippen molar-refractivity contribution >= 4 is 12.2 Å². The van der Waals surface area contributed by atoms with Crippen LogP contribution in [0, 0.1) is 0 Å². The molecule has 1 saturated heterocycles. The third-order valence-electron chi connectivity index (χ3n) is 3.25. The number of carbonyl (C=O) groups excluding carboxylic acids is 1. The molecule has 10 nitrogen and oxygen atoms in total. The normalized spacial score (nSPS) is 36.6. The summed E-state index contributed by atoms with van der Waals surface area (Å²) >= 11 is 0. The summed E-state index contributed by atoms with van der Waals surface area (Å²) in [5.41, 5.74) is 0. The topological polar surface area (TPSA) is 177 Å². The van der Waals surface area contributed by atoms with Crippen LogP contribution in [-0.2, 0) is 14.3 Å². The van der Waals surface area contributed by atoms with Crippen LogP contribution in [0.25, 0.3) is 0 Å². The minimum Gasteiger partial charge on any atom is -0.477 e. The Kier molecular flexibility index (Phi) is 5.58. The van der Waals surface area contributed by atoms with Crippen LogP contribution in [0.3, 0.4) is 0 Å². The van der Waals surface area contributed by atoms with E-state index in [9.17, 15) is 30.0 Å². The molecular weight excluding hydrogens is 290 g/mol. The molecule has 10 heteroatoms. The summed E-state index contributed by atoms with van der Waals surface area (Å²) in [6.45, 7) is -1.41. The number of hydrogen-bond donors (Lipinski definition) is 7. The van der Waals surface area contributed by atoms with Crippen molar-refractivity contribution in [2.24, 2.45) is 0 Å². The molecule has 1 unspecified atom stereocenters. The van der Waals surface area contributed by atoms with Gasteiger partial charge in [0.2, 0.25) is 0 Å². The maximum atomic E-state index is 11.0. The van der Waals surface area contributed by atoms with E-state index in [-0.39, 0.29) is 0 Å². The molecule has 0 saturated carbocycles. The van der Waals surface area contributed by atoms with Crippen molar-refractivity contribution in [1.29, 1.82) is 0 Å². The van der Waals surface area contributed by atoms with Gasteiger partial charge in [-0.3, -0.25) is 0 Å². The molecule has 0 radical (unpaired) electrons. The molecule has 7 N–H and O–H groups in total. The van der Waals surface area contributed by atoms with Gasteiger partial charge >= 0.3 is 5.97 Å².